The SMILES string of the molecule is CC1CCCC(NC(=O)COC(=O)CCN2C(=O)c3ccccc3C2=O)C1C. The molecule has 2 aliphatic rings. The lowest BCUT2D eigenvalue weighted by Crippen LogP contribution is -2.45. The van der Waals surface area contributed by atoms with Crippen molar-refractivity contribution in [1.29, 1.82) is 0 Å². The van der Waals surface area contributed by atoms with Crippen LogP contribution in [-0.2, 0) is 14.3 Å². The van der Waals surface area contributed by atoms with Gasteiger partial charge < -0.3 is 10.1 Å². The van der Waals surface area contributed by atoms with Crippen molar-refractivity contribution in [2.75, 3.05) is 13.2 Å². The van der Waals surface area contributed by atoms with E-state index in [-0.39, 0.29) is 31.5 Å². The first-order chi connectivity index (χ1) is 13.4. The largest absolute Gasteiger partial charge is 0.456 e. The van der Waals surface area contributed by atoms with Crippen LogP contribution in [0.5, 0.6) is 0 Å². The van der Waals surface area contributed by atoms with E-state index in [9.17, 15) is 19.2 Å². The number of rotatable bonds is 6. The van der Waals surface area contributed by atoms with Gasteiger partial charge in [0, 0.05) is 12.6 Å². The van der Waals surface area contributed by atoms with E-state index in [1.54, 1.807) is 24.3 Å². The minimum Gasteiger partial charge on any atom is -0.456 e. The molecule has 7 nitrogen and oxygen atoms in total. The fourth-order valence-corrected chi connectivity index (χ4v) is 3.90. The van der Waals surface area contributed by atoms with Gasteiger partial charge in [-0.15, -0.1) is 0 Å². The summed E-state index contributed by atoms with van der Waals surface area (Å²) in [4.78, 5) is 49.6. The van der Waals surface area contributed by atoms with Gasteiger partial charge in [-0.2, -0.15) is 0 Å². The Morgan fingerprint density at radius 2 is 1.75 bits per heavy atom. The molecule has 28 heavy (non-hydrogen) atoms. The highest BCUT2D eigenvalue weighted by atomic mass is 16.5. The van der Waals surface area contributed by atoms with Crippen LogP contribution in [0, 0.1) is 11.8 Å². The first kappa shape index (κ1) is 20.0. The maximum Gasteiger partial charge on any atom is 0.308 e. The lowest BCUT2D eigenvalue weighted by Gasteiger charge is -2.34. The van der Waals surface area contributed by atoms with Crippen molar-refractivity contribution in [2.24, 2.45) is 11.8 Å². The summed E-state index contributed by atoms with van der Waals surface area (Å²) >= 11 is 0. The summed E-state index contributed by atoms with van der Waals surface area (Å²) in [7, 11) is 0. The summed E-state index contributed by atoms with van der Waals surface area (Å²) in [5, 5.41) is 2.94. The first-order valence-electron chi connectivity index (χ1n) is 9.78. The number of hydrogen-bond acceptors (Lipinski definition) is 5. The Labute approximate surface area is 164 Å². The average molecular weight is 386 g/mol. The maximum absolute atomic E-state index is 12.3. The highest BCUT2D eigenvalue weighted by Crippen LogP contribution is 2.29. The number of amides is 3. The highest BCUT2D eigenvalue weighted by Gasteiger charge is 2.35. The van der Waals surface area contributed by atoms with Crippen LogP contribution in [0.4, 0.5) is 0 Å². The molecule has 3 amide bonds. The molecule has 3 unspecified atom stereocenters. The summed E-state index contributed by atoms with van der Waals surface area (Å²) in [6.07, 6.45) is 3.04. The van der Waals surface area contributed by atoms with E-state index in [1.807, 2.05) is 0 Å². The fourth-order valence-electron chi connectivity index (χ4n) is 3.90. The quantitative estimate of drug-likeness (QED) is 0.597. The van der Waals surface area contributed by atoms with Crippen LogP contribution in [-0.4, -0.2) is 47.8 Å². The van der Waals surface area contributed by atoms with E-state index in [0.717, 1.165) is 17.7 Å². The van der Waals surface area contributed by atoms with Crippen molar-refractivity contribution in [3.63, 3.8) is 0 Å². The number of benzene rings is 1. The monoisotopic (exact) mass is 386 g/mol. The lowest BCUT2D eigenvalue weighted by molar-refractivity contribution is -0.149. The third kappa shape index (κ3) is 4.24. The zero-order valence-electron chi connectivity index (χ0n) is 16.3. The minimum absolute atomic E-state index is 0.0655. The van der Waals surface area contributed by atoms with Crippen LogP contribution in [0.1, 0.15) is 60.2 Å². The van der Waals surface area contributed by atoms with Crippen molar-refractivity contribution < 1.29 is 23.9 Å². The van der Waals surface area contributed by atoms with Crippen LogP contribution < -0.4 is 5.32 Å². The van der Waals surface area contributed by atoms with Crippen molar-refractivity contribution in [3.8, 4) is 0 Å². The molecule has 1 fully saturated rings. The van der Waals surface area contributed by atoms with Gasteiger partial charge in [-0.1, -0.05) is 38.8 Å². The number of carbonyl (C=O) groups excluding carboxylic acids is 4. The van der Waals surface area contributed by atoms with Crippen molar-refractivity contribution in [2.45, 2.75) is 45.6 Å². The molecular formula is C21H26N2O5. The Morgan fingerprint density at radius 3 is 2.39 bits per heavy atom. The van der Waals surface area contributed by atoms with Gasteiger partial charge in [-0.05, 0) is 30.4 Å². The van der Waals surface area contributed by atoms with Gasteiger partial charge in [0.25, 0.3) is 17.7 Å². The third-order valence-electron chi connectivity index (χ3n) is 5.84. The maximum atomic E-state index is 12.3. The molecule has 1 N–H and O–H groups in total. The summed E-state index contributed by atoms with van der Waals surface area (Å²) in [6, 6.07) is 6.66. The molecule has 1 saturated carbocycles. The van der Waals surface area contributed by atoms with E-state index < -0.39 is 17.8 Å². The molecular weight excluding hydrogens is 360 g/mol. The van der Waals surface area contributed by atoms with Crippen LogP contribution in [0.15, 0.2) is 24.3 Å². The zero-order valence-corrected chi connectivity index (χ0v) is 16.3. The van der Waals surface area contributed by atoms with E-state index in [0.29, 0.717) is 23.0 Å². The Hall–Kier alpha value is -2.70. The van der Waals surface area contributed by atoms with Crippen molar-refractivity contribution >= 4 is 23.7 Å². The van der Waals surface area contributed by atoms with Gasteiger partial charge in [0.2, 0.25) is 0 Å². The smallest absolute Gasteiger partial charge is 0.308 e. The number of nitrogens with one attached hydrogen (secondary N) is 1. The molecule has 1 aromatic rings. The second kappa shape index (κ2) is 8.54. The predicted octanol–water partition coefficient (Wildman–Crippen LogP) is 2.16. The molecule has 150 valence electrons. The summed E-state index contributed by atoms with van der Waals surface area (Å²) in [5.74, 6) is -0.807. The second-order valence-electron chi connectivity index (χ2n) is 7.66. The number of ether oxygens (including phenoxy) is 1. The molecule has 1 aliphatic carbocycles. The molecule has 0 saturated heterocycles. The summed E-state index contributed by atoms with van der Waals surface area (Å²) < 4.78 is 5.01. The molecule has 3 atom stereocenters. The van der Waals surface area contributed by atoms with Crippen LogP contribution in [0.3, 0.4) is 0 Å². The summed E-state index contributed by atoms with van der Waals surface area (Å²) in [6.45, 7) is 3.90. The first-order valence-corrected chi connectivity index (χ1v) is 9.78. The van der Waals surface area contributed by atoms with Gasteiger partial charge in [0.1, 0.15) is 0 Å². The normalized spacial score (nSPS) is 24.1. The third-order valence-corrected chi connectivity index (χ3v) is 5.84. The molecule has 3 rings (SSSR count). The van der Waals surface area contributed by atoms with Gasteiger partial charge in [0.05, 0.1) is 17.5 Å². The Morgan fingerprint density at radius 1 is 1.11 bits per heavy atom. The van der Waals surface area contributed by atoms with E-state index in [4.69, 9.17) is 4.74 Å². The molecule has 1 aliphatic heterocycles. The average Bonchev–Trinajstić information content (AvgIpc) is 2.93. The van der Waals surface area contributed by atoms with Crippen molar-refractivity contribution in [1.82, 2.24) is 10.2 Å². The van der Waals surface area contributed by atoms with Crippen molar-refractivity contribution in [3.05, 3.63) is 35.4 Å². The second-order valence-corrected chi connectivity index (χ2v) is 7.66. The van der Waals surface area contributed by atoms with E-state index >= 15 is 0 Å². The number of fused-ring (bicyclic) bond motifs is 1. The molecule has 0 radical (unpaired) electrons. The summed E-state index contributed by atoms with van der Waals surface area (Å²) in [5.41, 5.74) is 0.687. The Kier molecular flexibility index (Phi) is 6.11. The number of hydrogen-bond donors (Lipinski definition) is 1. The number of nitrogens with zero attached hydrogens (tertiary/aromatic N) is 1. The van der Waals surface area contributed by atoms with Crippen LogP contribution in [0.2, 0.25) is 0 Å². The number of carbonyl (C=O) groups is 4. The molecule has 7 heteroatoms. The molecule has 0 aromatic heterocycles. The van der Waals surface area contributed by atoms with Crippen LogP contribution >= 0.6 is 0 Å². The van der Waals surface area contributed by atoms with E-state index in [1.165, 1.54) is 6.42 Å². The Balaban J connectivity index is 1.42. The standard InChI is InChI=1S/C21H26N2O5/c1-13-6-5-9-17(14(13)2)22-18(24)12-28-19(25)10-11-23-20(26)15-7-3-4-8-16(15)21(23)27/h3-4,7-8,13-14,17H,5-6,9-12H2,1-2H3,(H,22,24). The Bertz CT molecular complexity index is 756. The predicted molar refractivity (Wildman–Crippen MR) is 101 cm³/mol. The van der Waals surface area contributed by atoms with Gasteiger partial charge >= 0.3 is 5.97 Å². The lowest BCUT2D eigenvalue weighted by atomic mass is 9.78. The van der Waals surface area contributed by atoms with Gasteiger partial charge in [-0.3, -0.25) is 24.1 Å². The molecule has 0 spiro atoms. The zero-order chi connectivity index (χ0) is 20.3. The minimum atomic E-state index is -0.614. The van der Waals surface area contributed by atoms with E-state index in [2.05, 4.69) is 19.2 Å². The van der Waals surface area contributed by atoms with Crippen LogP contribution in [0.25, 0.3) is 0 Å². The highest BCUT2D eigenvalue weighted by molar-refractivity contribution is 6.21. The topological polar surface area (TPSA) is 92.8 Å². The van der Waals surface area contributed by atoms with Gasteiger partial charge in [0.15, 0.2) is 6.61 Å². The van der Waals surface area contributed by atoms with Gasteiger partial charge in [-0.25, -0.2) is 0 Å². The molecule has 1 aromatic carbocycles. The molecule has 1 heterocycles. The molecule has 0 bridgehead atoms. The number of esters is 1. The number of imide groups is 1. The fraction of sp³-hybridized carbons (Fsp3) is 0.524.